The summed E-state index contributed by atoms with van der Waals surface area (Å²) in [7, 11) is 1.59. The van der Waals surface area contributed by atoms with E-state index in [0.29, 0.717) is 4.91 Å². The standard InChI is InChI=1S/C15H13NO4S2/c1-20-11-7-3-2-5-10(11)6-4-8-12-14(19)16(9-13(17)18)15(21)22-12/h2-8H,9H2,1H3,(H,17,18). The van der Waals surface area contributed by atoms with Crippen LogP contribution in [-0.4, -0.2) is 39.9 Å². The molecule has 1 amide bonds. The predicted molar refractivity (Wildman–Crippen MR) is 89.6 cm³/mol. The summed E-state index contributed by atoms with van der Waals surface area (Å²) in [5.41, 5.74) is 0.877. The number of allylic oxidation sites excluding steroid dienone is 2. The second kappa shape index (κ2) is 7.24. The van der Waals surface area contributed by atoms with Crippen molar-refractivity contribution in [2.24, 2.45) is 0 Å². The third-order valence-electron chi connectivity index (χ3n) is 2.83. The Bertz CT molecular complexity index is 682. The van der Waals surface area contributed by atoms with Crippen molar-refractivity contribution in [3.63, 3.8) is 0 Å². The highest BCUT2D eigenvalue weighted by Gasteiger charge is 2.32. The molecule has 0 unspecified atom stereocenters. The van der Waals surface area contributed by atoms with Crippen LogP contribution in [0, 0.1) is 0 Å². The molecule has 22 heavy (non-hydrogen) atoms. The molecule has 7 heteroatoms. The molecule has 1 aromatic carbocycles. The van der Waals surface area contributed by atoms with Gasteiger partial charge >= 0.3 is 5.97 Å². The van der Waals surface area contributed by atoms with E-state index >= 15 is 0 Å². The molecule has 1 aromatic rings. The maximum Gasteiger partial charge on any atom is 0.323 e. The number of para-hydroxylation sites is 1. The minimum absolute atomic E-state index is 0.254. The maximum atomic E-state index is 12.0. The molecule has 0 atom stereocenters. The highest BCUT2D eigenvalue weighted by Crippen LogP contribution is 2.30. The van der Waals surface area contributed by atoms with Crippen LogP contribution in [0.5, 0.6) is 5.75 Å². The summed E-state index contributed by atoms with van der Waals surface area (Å²) in [5.74, 6) is -0.755. The molecule has 2 rings (SSSR count). The lowest BCUT2D eigenvalue weighted by atomic mass is 10.2. The fourth-order valence-electron chi connectivity index (χ4n) is 1.83. The average molecular weight is 335 g/mol. The van der Waals surface area contributed by atoms with Gasteiger partial charge in [0.05, 0.1) is 12.0 Å². The van der Waals surface area contributed by atoms with Crippen LogP contribution in [0.3, 0.4) is 0 Å². The highest BCUT2D eigenvalue weighted by atomic mass is 32.2. The fraction of sp³-hybridized carbons (Fsp3) is 0.133. The number of thioether (sulfide) groups is 1. The van der Waals surface area contributed by atoms with Gasteiger partial charge in [-0.25, -0.2) is 0 Å². The smallest absolute Gasteiger partial charge is 0.323 e. The van der Waals surface area contributed by atoms with Crippen LogP contribution in [-0.2, 0) is 9.59 Å². The normalized spacial score (nSPS) is 16.8. The second-order valence-corrected chi connectivity index (χ2v) is 5.96. The molecule has 1 heterocycles. The number of rotatable bonds is 5. The van der Waals surface area contributed by atoms with Crippen LogP contribution in [0.4, 0.5) is 0 Å². The van der Waals surface area contributed by atoms with Gasteiger partial charge in [-0.1, -0.05) is 54.3 Å². The van der Waals surface area contributed by atoms with Crippen molar-refractivity contribution in [1.82, 2.24) is 4.90 Å². The van der Waals surface area contributed by atoms with E-state index in [1.807, 2.05) is 30.3 Å². The summed E-state index contributed by atoms with van der Waals surface area (Å²) in [5, 5.41) is 8.77. The number of hydrogen-bond acceptors (Lipinski definition) is 5. The van der Waals surface area contributed by atoms with Crippen molar-refractivity contribution in [2.75, 3.05) is 13.7 Å². The van der Waals surface area contributed by atoms with Gasteiger partial charge in [-0.2, -0.15) is 0 Å². The first-order chi connectivity index (χ1) is 10.5. The first-order valence-corrected chi connectivity index (χ1v) is 7.52. The number of benzene rings is 1. The van der Waals surface area contributed by atoms with E-state index < -0.39 is 12.5 Å². The quantitative estimate of drug-likeness (QED) is 0.659. The monoisotopic (exact) mass is 335 g/mol. The third-order valence-corrected chi connectivity index (χ3v) is 4.23. The van der Waals surface area contributed by atoms with E-state index in [-0.39, 0.29) is 10.2 Å². The van der Waals surface area contributed by atoms with Gasteiger partial charge in [0.15, 0.2) is 0 Å². The van der Waals surface area contributed by atoms with Gasteiger partial charge in [0.1, 0.15) is 16.6 Å². The zero-order valence-electron chi connectivity index (χ0n) is 11.7. The molecule has 5 nitrogen and oxygen atoms in total. The van der Waals surface area contributed by atoms with Gasteiger partial charge in [-0.15, -0.1) is 0 Å². The fourth-order valence-corrected chi connectivity index (χ4v) is 3.04. The zero-order valence-corrected chi connectivity index (χ0v) is 13.3. The van der Waals surface area contributed by atoms with Crippen molar-refractivity contribution in [3.05, 3.63) is 46.9 Å². The largest absolute Gasteiger partial charge is 0.496 e. The number of thiocarbonyl (C=S) groups is 1. The van der Waals surface area contributed by atoms with Gasteiger partial charge in [-0.3, -0.25) is 14.5 Å². The van der Waals surface area contributed by atoms with Gasteiger partial charge in [-0.05, 0) is 12.1 Å². The zero-order chi connectivity index (χ0) is 16.1. The Balaban J connectivity index is 2.14. The molecular weight excluding hydrogens is 322 g/mol. The molecule has 0 saturated carbocycles. The molecular formula is C15H13NO4S2. The summed E-state index contributed by atoms with van der Waals surface area (Å²) in [4.78, 5) is 24.2. The van der Waals surface area contributed by atoms with Crippen molar-refractivity contribution >= 4 is 46.3 Å². The van der Waals surface area contributed by atoms with Crippen LogP contribution < -0.4 is 4.74 Å². The molecule has 1 aliphatic heterocycles. The Morgan fingerprint density at radius 2 is 2.18 bits per heavy atom. The lowest BCUT2D eigenvalue weighted by Crippen LogP contribution is -2.33. The third kappa shape index (κ3) is 3.75. The van der Waals surface area contributed by atoms with Crippen LogP contribution in [0.1, 0.15) is 5.56 Å². The molecule has 0 spiro atoms. The SMILES string of the molecule is COc1ccccc1C=CC=C1SC(=S)N(CC(=O)O)C1=O. The molecule has 1 N–H and O–H groups in total. The summed E-state index contributed by atoms with van der Waals surface area (Å²) in [6, 6.07) is 7.48. The highest BCUT2D eigenvalue weighted by molar-refractivity contribution is 8.26. The Morgan fingerprint density at radius 3 is 2.86 bits per heavy atom. The van der Waals surface area contributed by atoms with E-state index in [1.165, 1.54) is 0 Å². The van der Waals surface area contributed by atoms with Crippen LogP contribution in [0.25, 0.3) is 6.08 Å². The lowest BCUT2D eigenvalue weighted by Gasteiger charge is -2.09. The van der Waals surface area contributed by atoms with E-state index in [2.05, 4.69) is 0 Å². The Morgan fingerprint density at radius 1 is 1.45 bits per heavy atom. The maximum absolute atomic E-state index is 12.0. The number of carbonyl (C=O) groups is 2. The number of carbonyl (C=O) groups excluding carboxylic acids is 1. The number of carboxylic acids is 1. The van der Waals surface area contributed by atoms with Crippen molar-refractivity contribution in [3.8, 4) is 5.75 Å². The number of ether oxygens (including phenoxy) is 1. The van der Waals surface area contributed by atoms with Crippen molar-refractivity contribution in [2.45, 2.75) is 0 Å². The van der Waals surface area contributed by atoms with Crippen LogP contribution in [0.15, 0.2) is 41.3 Å². The van der Waals surface area contributed by atoms with Crippen LogP contribution in [0.2, 0.25) is 0 Å². The molecule has 0 bridgehead atoms. The average Bonchev–Trinajstić information content (AvgIpc) is 2.75. The molecule has 114 valence electrons. The number of aliphatic carboxylic acids is 1. The lowest BCUT2D eigenvalue weighted by molar-refractivity contribution is -0.140. The number of nitrogens with zero attached hydrogens (tertiary/aromatic N) is 1. The summed E-state index contributed by atoms with van der Waals surface area (Å²) < 4.78 is 5.48. The number of hydrogen-bond donors (Lipinski definition) is 1. The van der Waals surface area contributed by atoms with E-state index in [1.54, 1.807) is 19.3 Å². The van der Waals surface area contributed by atoms with E-state index in [9.17, 15) is 9.59 Å². The van der Waals surface area contributed by atoms with Gasteiger partial charge < -0.3 is 9.84 Å². The van der Waals surface area contributed by atoms with Crippen molar-refractivity contribution in [1.29, 1.82) is 0 Å². The van der Waals surface area contributed by atoms with Gasteiger partial charge in [0.2, 0.25) is 0 Å². The van der Waals surface area contributed by atoms with Crippen LogP contribution >= 0.6 is 24.0 Å². The minimum Gasteiger partial charge on any atom is -0.496 e. The Kier molecular flexibility index (Phi) is 5.35. The number of methoxy groups -OCH3 is 1. The number of carboxylic acid groups (broad SMARTS) is 1. The Labute approximate surface area is 137 Å². The summed E-state index contributed by atoms with van der Waals surface area (Å²) in [6.07, 6.45) is 5.14. The molecule has 0 aromatic heterocycles. The number of amides is 1. The first kappa shape index (κ1) is 16.3. The minimum atomic E-state index is -1.10. The first-order valence-electron chi connectivity index (χ1n) is 6.29. The summed E-state index contributed by atoms with van der Waals surface area (Å²) in [6.45, 7) is -0.418. The van der Waals surface area contributed by atoms with Crippen molar-refractivity contribution < 1.29 is 19.4 Å². The molecule has 0 aliphatic carbocycles. The topological polar surface area (TPSA) is 66.8 Å². The Hall–Kier alpha value is -2.12. The van der Waals surface area contributed by atoms with E-state index in [4.69, 9.17) is 22.1 Å². The molecule has 1 aliphatic rings. The molecule has 1 fully saturated rings. The van der Waals surface area contributed by atoms with E-state index in [0.717, 1.165) is 28.0 Å². The predicted octanol–water partition coefficient (Wildman–Crippen LogP) is 2.54. The van der Waals surface area contributed by atoms with Gasteiger partial charge in [0, 0.05) is 5.56 Å². The second-order valence-electron chi connectivity index (χ2n) is 4.28. The molecule has 1 saturated heterocycles. The summed E-state index contributed by atoms with van der Waals surface area (Å²) >= 11 is 6.11. The van der Waals surface area contributed by atoms with Gasteiger partial charge in [0.25, 0.3) is 5.91 Å². The molecule has 0 radical (unpaired) electrons.